The molecule has 2 bridgehead atoms. The molecular formula is C30H31N3O6. The number of benzene rings is 2. The van der Waals surface area contributed by atoms with E-state index >= 15 is 0 Å². The van der Waals surface area contributed by atoms with Gasteiger partial charge in [0.1, 0.15) is 0 Å². The molecule has 9 heteroatoms. The van der Waals surface area contributed by atoms with Crippen LogP contribution in [0.1, 0.15) is 48.8 Å². The zero-order valence-corrected chi connectivity index (χ0v) is 21.9. The second-order valence-electron chi connectivity index (χ2n) is 11.6. The van der Waals surface area contributed by atoms with Crippen LogP contribution in [0.25, 0.3) is 6.08 Å². The Bertz CT molecular complexity index is 1420. The number of nitrogens with zero attached hydrogens (tertiary/aromatic N) is 2. The summed E-state index contributed by atoms with van der Waals surface area (Å²) in [5.41, 5.74) is 1.61. The molecule has 4 atom stereocenters. The van der Waals surface area contributed by atoms with E-state index in [1.54, 1.807) is 25.3 Å². The Morgan fingerprint density at radius 3 is 2.74 bits per heavy atom. The number of Topliss-reactive ketones (excluding diaryl/α,β-unsaturated/α-hetero) is 1. The molecule has 1 unspecified atom stereocenters. The molecule has 1 N–H and O–H groups in total. The summed E-state index contributed by atoms with van der Waals surface area (Å²) in [5, 5.41) is 14.4. The molecule has 1 saturated heterocycles. The van der Waals surface area contributed by atoms with E-state index in [0.717, 1.165) is 31.5 Å². The topological polar surface area (TPSA) is 111 Å². The number of amides is 1. The Kier molecular flexibility index (Phi) is 5.39. The average Bonchev–Trinajstić information content (AvgIpc) is 3.68. The molecule has 1 spiro atoms. The lowest BCUT2D eigenvalue weighted by molar-refractivity contribution is -0.384. The SMILES string of the molecule is COc1ccc2c3c1O[C@H]1C(=O)CC[C@@]4(NC(=O)/C=C/c5ccc([N+](=O)[O-])cc5)C(C2)N(CC2CC2)CC[C@]314. The van der Waals surface area contributed by atoms with Crippen LogP contribution in [0.15, 0.2) is 42.5 Å². The van der Waals surface area contributed by atoms with Gasteiger partial charge in [0.05, 0.1) is 23.0 Å². The Balaban J connectivity index is 1.30. The monoisotopic (exact) mass is 529 g/mol. The summed E-state index contributed by atoms with van der Waals surface area (Å²) in [4.78, 5) is 40.2. The van der Waals surface area contributed by atoms with Crippen molar-refractivity contribution < 1.29 is 24.0 Å². The van der Waals surface area contributed by atoms with E-state index in [4.69, 9.17) is 9.47 Å². The number of hydrogen-bond acceptors (Lipinski definition) is 7. The summed E-state index contributed by atoms with van der Waals surface area (Å²) in [6.07, 6.45) is 7.42. The quantitative estimate of drug-likeness (QED) is 0.332. The molecule has 9 nitrogen and oxygen atoms in total. The third-order valence-corrected chi connectivity index (χ3v) is 9.69. The predicted molar refractivity (Wildman–Crippen MR) is 143 cm³/mol. The van der Waals surface area contributed by atoms with Gasteiger partial charge in [-0.15, -0.1) is 0 Å². The molecule has 2 aliphatic heterocycles. The molecule has 0 aromatic heterocycles. The number of nitro benzene ring substituents is 1. The van der Waals surface area contributed by atoms with Crippen LogP contribution in [0.3, 0.4) is 0 Å². The van der Waals surface area contributed by atoms with Crippen molar-refractivity contribution in [3.8, 4) is 11.5 Å². The standard InChI is InChI=1S/C30H31N3O6/c1-38-23-10-7-20-16-24-30(31-25(35)11-6-18-4-8-21(9-5-18)33(36)37)13-12-22(34)28-29(30,26(20)27(23)39-28)14-15-32(24)17-19-2-3-19/h4-11,19,24,28H,2-3,12-17H2,1H3,(H,31,35)/b11-6+/t24?,28-,29-,30+/m0/s1. The second kappa shape index (κ2) is 8.64. The molecule has 1 amide bonds. The van der Waals surface area contributed by atoms with Crippen molar-refractivity contribution in [2.24, 2.45) is 5.92 Å². The van der Waals surface area contributed by atoms with Gasteiger partial charge in [0.15, 0.2) is 23.4 Å². The normalized spacial score (nSPS) is 30.5. The first-order chi connectivity index (χ1) is 18.9. The van der Waals surface area contributed by atoms with Crippen molar-refractivity contribution in [2.45, 2.75) is 61.6 Å². The van der Waals surface area contributed by atoms with Crippen molar-refractivity contribution in [1.82, 2.24) is 10.2 Å². The summed E-state index contributed by atoms with van der Waals surface area (Å²) in [6.45, 7) is 1.87. The molecule has 2 aromatic rings. The fourth-order valence-electron chi connectivity index (χ4n) is 7.85. The minimum Gasteiger partial charge on any atom is -0.493 e. The molecule has 202 valence electrons. The van der Waals surface area contributed by atoms with E-state index in [1.165, 1.54) is 36.6 Å². The van der Waals surface area contributed by atoms with Crippen LogP contribution < -0.4 is 14.8 Å². The van der Waals surface area contributed by atoms with E-state index in [9.17, 15) is 19.7 Å². The Morgan fingerprint density at radius 2 is 2.03 bits per heavy atom. The van der Waals surface area contributed by atoms with Crippen LogP contribution in [0, 0.1) is 16.0 Å². The van der Waals surface area contributed by atoms with E-state index in [-0.39, 0.29) is 23.4 Å². The number of methoxy groups -OCH3 is 1. The van der Waals surface area contributed by atoms with Crippen molar-refractivity contribution in [3.05, 3.63) is 69.3 Å². The summed E-state index contributed by atoms with van der Waals surface area (Å²) in [5.74, 6) is 1.83. The predicted octanol–water partition coefficient (Wildman–Crippen LogP) is 3.57. The number of hydrogen-bond donors (Lipinski definition) is 1. The maximum atomic E-state index is 13.6. The van der Waals surface area contributed by atoms with Crippen LogP contribution in [-0.4, -0.2) is 59.4 Å². The highest BCUT2D eigenvalue weighted by Crippen LogP contribution is 2.65. The molecule has 3 aliphatic carbocycles. The highest BCUT2D eigenvalue weighted by molar-refractivity contribution is 5.95. The van der Waals surface area contributed by atoms with E-state index in [2.05, 4.69) is 16.3 Å². The van der Waals surface area contributed by atoms with Crippen LogP contribution in [0.2, 0.25) is 0 Å². The van der Waals surface area contributed by atoms with Gasteiger partial charge in [-0.05, 0) is 80.0 Å². The first-order valence-corrected chi connectivity index (χ1v) is 13.7. The van der Waals surface area contributed by atoms with Crippen LogP contribution >= 0.6 is 0 Å². The van der Waals surface area contributed by atoms with Crippen LogP contribution in [0.4, 0.5) is 5.69 Å². The molecule has 3 fully saturated rings. The average molecular weight is 530 g/mol. The van der Waals surface area contributed by atoms with Gasteiger partial charge in [0.2, 0.25) is 5.91 Å². The number of piperidine rings is 1. The lowest BCUT2D eigenvalue weighted by Gasteiger charge is -2.65. The number of nitro groups is 1. The molecule has 2 heterocycles. The summed E-state index contributed by atoms with van der Waals surface area (Å²) >= 11 is 0. The Morgan fingerprint density at radius 1 is 1.23 bits per heavy atom. The van der Waals surface area contributed by atoms with Gasteiger partial charge in [-0.2, -0.15) is 0 Å². The van der Waals surface area contributed by atoms with Gasteiger partial charge < -0.3 is 14.8 Å². The van der Waals surface area contributed by atoms with Crippen molar-refractivity contribution >= 4 is 23.5 Å². The van der Waals surface area contributed by atoms with Crippen molar-refractivity contribution in [3.63, 3.8) is 0 Å². The second-order valence-corrected chi connectivity index (χ2v) is 11.6. The fourth-order valence-corrected chi connectivity index (χ4v) is 7.85. The van der Waals surface area contributed by atoms with Gasteiger partial charge in [0.25, 0.3) is 5.69 Å². The molecule has 39 heavy (non-hydrogen) atoms. The third kappa shape index (κ3) is 3.48. The zero-order chi connectivity index (χ0) is 26.9. The minimum absolute atomic E-state index is 0.00409. The van der Waals surface area contributed by atoms with E-state index in [0.29, 0.717) is 35.8 Å². The Hall–Kier alpha value is -3.72. The highest BCUT2D eigenvalue weighted by Gasteiger charge is 2.73. The van der Waals surface area contributed by atoms with Crippen molar-refractivity contribution in [1.29, 1.82) is 0 Å². The molecule has 5 aliphatic rings. The fraction of sp³-hybridized carbons (Fsp3) is 0.467. The third-order valence-electron chi connectivity index (χ3n) is 9.69. The van der Waals surface area contributed by atoms with E-state index < -0.39 is 22.0 Å². The number of ketones is 1. The zero-order valence-electron chi connectivity index (χ0n) is 21.9. The van der Waals surface area contributed by atoms with Crippen molar-refractivity contribution in [2.75, 3.05) is 20.2 Å². The molecule has 2 saturated carbocycles. The number of rotatable bonds is 7. The van der Waals surface area contributed by atoms with Gasteiger partial charge in [-0.25, -0.2) is 0 Å². The summed E-state index contributed by atoms with van der Waals surface area (Å²) in [7, 11) is 1.62. The first kappa shape index (κ1) is 24.3. The highest BCUT2D eigenvalue weighted by atomic mass is 16.6. The first-order valence-electron chi connectivity index (χ1n) is 13.7. The molecular weight excluding hydrogens is 498 g/mol. The van der Waals surface area contributed by atoms with Gasteiger partial charge >= 0.3 is 0 Å². The summed E-state index contributed by atoms with van der Waals surface area (Å²) in [6, 6.07) is 10.2. The largest absolute Gasteiger partial charge is 0.493 e. The van der Waals surface area contributed by atoms with Crippen LogP contribution in [0.5, 0.6) is 11.5 Å². The van der Waals surface area contributed by atoms with E-state index in [1.807, 2.05) is 6.07 Å². The van der Waals surface area contributed by atoms with Gasteiger partial charge in [-0.3, -0.25) is 24.6 Å². The molecule has 0 radical (unpaired) electrons. The molecule has 7 rings (SSSR count). The number of carbonyl (C=O) groups is 2. The Labute approximate surface area is 226 Å². The number of ether oxygens (including phenoxy) is 2. The smallest absolute Gasteiger partial charge is 0.269 e. The number of likely N-dealkylation sites (tertiary alicyclic amines) is 1. The van der Waals surface area contributed by atoms with Gasteiger partial charge in [-0.1, -0.05) is 6.07 Å². The van der Waals surface area contributed by atoms with Gasteiger partial charge in [0, 0.05) is 42.8 Å². The molecule has 2 aromatic carbocycles. The number of carbonyl (C=O) groups excluding carboxylic acids is 2. The maximum absolute atomic E-state index is 13.6. The maximum Gasteiger partial charge on any atom is 0.269 e. The number of nitrogens with one attached hydrogen (secondary N) is 1. The lowest BCUT2D eigenvalue weighted by atomic mass is 9.47. The summed E-state index contributed by atoms with van der Waals surface area (Å²) < 4.78 is 12.2. The van der Waals surface area contributed by atoms with Crippen LogP contribution in [-0.2, 0) is 21.4 Å². The minimum atomic E-state index is -0.666. The number of non-ortho nitro benzene ring substituents is 1. The lowest BCUT2D eigenvalue weighted by Crippen LogP contribution is -2.81.